The summed E-state index contributed by atoms with van der Waals surface area (Å²) >= 11 is 22.1. The van der Waals surface area contributed by atoms with Crippen LogP contribution in [0.25, 0.3) is 0 Å². The van der Waals surface area contributed by atoms with E-state index in [2.05, 4.69) is 0 Å². The third kappa shape index (κ3) is 4.89. The Morgan fingerprint density at radius 2 is 1.67 bits per heavy atom. The number of hydrogen-bond acceptors (Lipinski definition) is 1. The molecule has 0 aliphatic carbocycles. The lowest BCUT2D eigenvalue weighted by Gasteiger charge is -2.02. The number of alkyl halides is 3. The Balaban J connectivity index is 2.78. The molecule has 0 aliphatic rings. The van der Waals surface area contributed by atoms with Gasteiger partial charge in [-0.2, -0.15) is 0 Å². The van der Waals surface area contributed by atoms with Gasteiger partial charge in [0.15, 0.2) is 5.78 Å². The Kier molecular flexibility index (Phi) is 4.47. The Morgan fingerprint density at radius 3 is 2.13 bits per heavy atom. The molecule has 1 nitrogen and oxygen atoms in total. The third-order valence-electron chi connectivity index (χ3n) is 1.55. The first-order chi connectivity index (χ1) is 6.88. The Morgan fingerprint density at radius 1 is 1.13 bits per heavy atom. The zero-order valence-electron chi connectivity index (χ0n) is 7.38. The standard InChI is InChI=1S/C10H6Cl4O/c11-8-3-1-7(2-4-8)9(15)5-6-10(12,13)14/h1-6H/b6-5+. The molecule has 0 spiro atoms. The number of ketones is 1. The fourth-order valence-corrected chi connectivity index (χ4v) is 1.20. The van der Waals surface area contributed by atoms with Gasteiger partial charge < -0.3 is 0 Å². The van der Waals surface area contributed by atoms with Crippen LogP contribution < -0.4 is 0 Å². The van der Waals surface area contributed by atoms with E-state index in [9.17, 15) is 4.79 Å². The highest BCUT2D eigenvalue weighted by molar-refractivity contribution is 6.69. The van der Waals surface area contributed by atoms with Crippen LogP contribution in [0.3, 0.4) is 0 Å². The van der Waals surface area contributed by atoms with Crippen molar-refractivity contribution in [3.8, 4) is 0 Å². The van der Waals surface area contributed by atoms with E-state index in [1.165, 1.54) is 12.2 Å². The van der Waals surface area contributed by atoms with E-state index in [0.29, 0.717) is 10.6 Å². The summed E-state index contributed by atoms with van der Waals surface area (Å²) in [6.45, 7) is 0. The summed E-state index contributed by atoms with van der Waals surface area (Å²) in [5.41, 5.74) is 0.491. The first kappa shape index (κ1) is 12.9. The first-order valence-electron chi connectivity index (χ1n) is 3.94. The Bertz CT molecular complexity index is 375. The Labute approximate surface area is 108 Å². The number of benzene rings is 1. The molecule has 0 unspecified atom stereocenters. The molecule has 0 fully saturated rings. The van der Waals surface area contributed by atoms with E-state index < -0.39 is 3.79 Å². The summed E-state index contributed by atoms with van der Waals surface area (Å²) in [6, 6.07) is 6.46. The number of carbonyl (C=O) groups excluding carboxylic acids is 1. The summed E-state index contributed by atoms with van der Waals surface area (Å²) < 4.78 is -1.55. The number of carbonyl (C=O) groups is 1. The van der Waals surface area contributed by atoms with Crippen LogP contribution in [0.4, 0.5) is 0 Å². The van der Waals surface area contributed by atoms with Gasteiger partial charge in [-0.25, -0.2) is 0 Å². The van der Waals surface area contributed by atoms with E-state index in [4.69, 9.17) is 46.4 Å². The Hall–Kier alpha value is -0.210. The first-order valence-corrected chi connectivity index (χ1v) is 5.45. The van der Waals surface area contributed by atoms with Crippen LogP contribution in [-0.4, -0.2) is 9.58 Å². The second-order valence-electron chi connectivity index (χ2n) is 2.75. The van der Waals surface area contributed by atoms with Crippen LogP contribution in [0, 0.1) is 0 Å². The number of rotatable bonds is 2. The van der Waals surface area contributed by atoms with Crippen LogP contribution in [0.2, 0.25) is 5.02 Å². The topological polar surface area (TPSA) is 17.1 Å². The SMILES string of the molecule is O=C(/C=C/C(Cl)(Cl)Cl)c1ccc(Cl)cc1. The highest BCUT2D eigenvalue weighted by atomic mass is 35.6. The lowest BCUT2D eigenvalue weighted by Crippen LogP contribution is -1.99. The normalized spacial score (nSPS) is 12.0. The molecule has 0 aromatic heterocycles. The maximum atomic E-state index is 11.5. The molecule has 1 rings (SSSR count). The van der Waals surface area contributed by atoms with Crippen LogP contribution in [0.5, 0.6) is 0 Å². The summed E-state index contributed by atoms with van der Waals surface area (Å²) in [5, 5.41) is 0.567. The van der Waals surface area contributed by atoms with Crippen LogP contribution in [0.1, 0.15) is 10.4 Å². The molecule has 0 radical (unpaired) electrons. The molecule has 0 saturated heterocycles. The van der Waals surface area contributed by atoms with E-state index in [-0.39, 0.29) is 5.78 Å². The van der Waals surface area contributed by atoms with Crippen LogP contribution >= 0.6 is 46.4 Å². The minimum absolute atomic E-state index is 0.238. The summed E-state index contributed by atoms with van der Waals surface area (Å²) in [6.07, 6.45) is 2.42. The highest BCUT2D eigenvalue weighted by Crippen LogP contribution is 2.27. The van der Waals surface area contributed by atoms with Gasteiger partial charge >= 0.3 is 0 Å². The average Bonchev–Trinajstić information content (AvgIpc) is 2.14. The molecular formula is C10H6Cl4O. The third-order valence-corrected chi connectivity index (χ3v) is 2.18. The number of hydrogen-bond donors (Lipinski definition) is 0. The molecule has 0 bridgehead atoms. The van der Waals surface area contributed by atoms with Crippen molar-refractivity contribution in [1.29, 1.82) is 0 Å². The van der Waals surface area contributed by atoms with Crippen molar-refractivity contribution >= 4 is 52.2 Å². The van der Waals surface area contributed by atoms with E-state index >= 15 is 0 Å². The van der Waals surface area contributed by atoms with E-state index in [1.54, 1.807) is 24.3 Å². The molecule has 0 atom stereocenters. The van der Waals surface area contributed by atoms with Crippen LogP contribution in [-0.2, 0) is 0 Å². The van der Waals surface area contributed by atoms with Gasteiger partial charge in [0.05, 0.1) is 0 Å². The fourth-order valence-electron chi connectivity index (χ4n) is 0.881. The molecule has 80 valence electrons. The van der Waals surface area contributed by atoms with E-state index in [0.717, 1.165) is 0 Å². The molecule has 0 N–H and O–H groups in total. The summed E-state index contributed by atoms with van der Waals surface area (Å²) in [4.78, 5) is 11.5. The van der Waals surface area contributed by atoms with E-state index in [1.807, 2.05) is 0 Å². The number of allylic oxidation sites excluding steroid dienone is 2. The van der Waals surface area contributed by atoms with Gasteiger partial charge in [0.1, 0.15) is 0 Å². The maximum absolute atomic E-state index is 11.5. The van der Waals surface area contributed by atoms with Gasteiger partial charge in [-0.05, 0) is 36.4 Å². The van der Waals surface area contributed by atoms with Crippen molar-refractivity contribution in [2.45, 2.75) is 3.79 Å². The smallest absolute Gasteiger partial charge is 0.209 e. The predicted octanol–water partition coefficient (Wildman–Crippen LogP) is 4.45. The molecule has 15 heavy (non-hydrogen) atoms. The summed E-state index contributed by atoms with van der Waals surface area (Å²) in [7, 11) is 0. The molecule has 5 heteroatoms. The van der Waals surface area contributed by atoms with Gasteiger partial charge in [0.2, 0.25) is 3.79 Å². The quantitative estimate of drug-likeness (QED) is 0.445. The van der Waals surface area contributed by atoms with Gasteiger partial charge in [-0.1, -0.05) is 46.4 Å². The molecule has 1 aromatic rings. The number of halogens is 4. The zero-order chi connectivity index (χ0) is 11.5. The minimum atomic E-state index is -1.55. The molecule has 0 aliphatic heterocycles. The van der Waals surface area contributed by atoms with Crippen molar-refractivity contribution in [3.63, 3.8) is 0 Å². The molecule has 0 heterocycles. The van der Waals surface area contributed by atoms with Gasteiger partial charge in [-0.15, -0.1) is 0 Å². The van der Waals surface area contributed by atoms with Crippen molar-refractivity contribution in [1.82, 2.24) is 0 Å². The average molecular weight is 284 g/mol. The van der Waals surface area contributed by atoms with Crippen molar-refractivity contribution in [3.05, 3.63) is 47.0 Å². The lowest BCUT2D eigenvalue weighted by molar-refractivity contribution is 0.104. The maximum Gasteiger partial charge on any atom is 0.209 e. The monoisotopic (exact) mass is 282 g/mol. The van der Waals surface area contributed by atoms with Gasteiger partial charge in [0.25, 0.3) is 0 Å². The zero-order valence-corrected chi connectivity index (χ0v) is 10.4. The second-order valence-corrected chi connectivity index (χ2v) is 5.55. The van der Waals surface area contributed by atoms with Crippen LogP contribution in [0.15, 0.2) is 36.4 Å². The van der Waals surface area contributed by atoms with Gasteiger partial charge in [0, 0.05) is 10.6 Å². The highest BCUT2D eigenvalue weighted by Gasteiger charge is 2.14. The largest absolute Gasteiger partial charge is 0.289 e. The lowest BCUT2D eigenvalue weighted by atomic mass is 10.1. The minimum Gasteiger partial charge on any atom is -0.289 e. The fraction of sp³-hybridized carbons (Fsp3) is 0.100. The molecule has 1 aromatic carbocycles. The molecule has 0 saturated carbocycles. The van der Waals surface area contributed by atoms with Crippen molar-refractivity contribution in [2.24, 2.45) is 0 Å². The van der Waals surface area contributed by atoms with Crippen molar-refractivity contribution in [2.75, 3.05) is 0 Å². The van der Waals surface area contributed by atoms with Gasteiger partial charge in [-0.3, -0.25) is 4.79 Å². The van der Waals surface area contributed by atoms with Crippen molar-refractivity contribution < 1.29 is 4.79 Å². The predicted molar refractivity (Wildman–Crippen MR) is 65.2 cm³/mol. The summed E-state index contributed by atoms with van der Waals surface area (Å²) in [5.74, 6) is -0.238. The molecular weight excluding hydrogens is 278 g/mol. The molecule has 0 amide bonds. The second kappa shape index (κ2) is 5.22.